The van der Waals surface area contributed by atoms with E-state index >= 15 is 0 Å². The van der Waals surface area contributed by atoms with Crippen LogP contribution in [0.2, 0.25) is 0 Å². The molecule has 2 unspecified atom stereocenters. The molecule has 0 radical (unpaired) electrons. The van der Waals surface area contributed by atoms with Gasteiger partial charge in [0.15, 0.2) is 5.82 Å². The first-order chi connectivity index (χ1) is 18.8. The Kier molecular flexibility index (Phi) is 15.0. The summed E-state index contributed by atoms with van der Waals surface area (Å²) >= 11 is 0. The molecule has 0 aliphatic carbocycles. The van der Waals surface area contributed by atoms with Crippen molar-refractivity contribution in [2.24, 2.45) is 5.92 Å². The minimum atomic E-state index is -4.02. The van der Waals surface area contributed by atoms with Crippen LogP contribution in [0.4, 0.5) is 0 Å². The van der Waals surface area contributed by atoms with E-state index in [4.69, 9.17) is 0 Å². The summed E-state index contributed by atoms with van der Waals surface area (Å²) in [4.78, 5) is 70.7. The lowest BCUT2D eigenvalue weighted by atomic mass is 9.94. The minimum Gasteiger partial charge on any atom is -0.481 e. The van der Waals surface area contributed by atoms with E-state index in [1.54, 1.807) is 6.92 Å². The van der Waals surface area contributed by atoms with Gasteiger partial charge >= 0.3 is 11.9 Å². The van der Waals surface area contributed by atoms with Crippen LogP contribution >= 0.6 is 0 Å². The Morgan fingerprint density at radius 1 is 0.900 bits per heavy atom. The number of H-pyrrole nitrogens is 1. The summed E-state index contributed by atoms with van der Waals surface area (Å²) in [5.74, 6) is -6.36. The van der Waals surface area contributed by atoms with E-state index in [0.717, 1.165) is 0 Å². The van der Waals surface area contributed by atoms with Gasteiger partial charge in [-0.05, 0) is 32.6 Å². The highest BCUT2D eigenvalue weighted by Crippen LogP contribution is 2.15. The van der Waals surface area contributed by atoms with Crippen molar-refractivity contribution >= 4 is 45.5 Å². The van der Waals surface area contributed by atoms with Gasteiger partial charge in [0.05, 0.1) is 11.7 Å². The summed E-state index contributed by atoms with van der Waals surface area (Å²) in [5, 5.41) is 36.4. The van der Waals surface area contributed by atoms with Gasteiger partial charge < -0.3 is 20.8 Å². The quantitative estimate of drug-likeness (QED) is 0.0971. The average molecular weight is 590 g/mol. The van der Waals surface area contributed by atoms with Crippen LogP contribution < -0.4 is 15.4 Å². The lowest BCUT2D eigenvalue weighted by Crippen LogP contribution is -2.41. The second-order valence-corrected chi connectivity index (χ2v) is 10.7. The number of carbonyl (C=O) groups is 6. The molecule has 6 N–H and O–H groups in total. The number of sulfonamides is 1. The van der Waals surface area contributed by atoms with E-state index in [2.05, 4.69) is 31.3 Å². The summed E-state index contributed by atoms with van der Waals surface area (Å²) in [6.45, 7) is 2.09. The maximum absolute atomic E-state index is 12.3. The molecule has 0 aromatic carbocycles. The molecule has 0 bridgehead atoms. The molecule has 0 spiro atoms. The number of aliphatic carboxylic acids is 2. The van der Waals surface area contributed by atoms with Gasteiger partial charge in [0, 0.05) is 45.1 Å². The Hall–Kier alpha value is -3.96. The van der Waals surface area contributed by atoms with Crippen LogP contribution in [-0.2, 0) is 45.2 Å². The second kappa shape index (κ2) is 17.6. The largest absolute Gasteiger partial charge is 0.481 e. The van der Waals surface area contributed by atoms with Crippen LogP contribution in [-0.4, -0.2) is 93.0 Å². The van der Waals surface area contributed by atoms with Crippen LogP contribution in [0.25, 0.3) is 0 Å². The number of rotatable bonds is 21. The first kappa shape index (κ1) is 34.1. The summed E-state index contributed by atoms with van der Waals surface area (Å²) < 4.78 is 26.0. The monoisotopic (exact) mass is 589 g/mol. The third kappa shape index (κ3) is 14.8. The molecule has 0 aliphatic heterocycles. The van der Waals surface area contributed by atoms with Crippen molar-refractivity contribution in [2.75, 3.05) is 12.3 Å². The number of nitrogens with zero attached hydrogens (tertiary/aromatic N) is 3. The van der Waals surface area contributed by atoms with Crippen LogP contribution in [0.15, 0.2) is 0 Å². The Morgan fingerprint density at radius 3 is 2.20 bits per heavy atom. The first-order valence-corrected chi connectivity index (χ1v) is 14.3. The molecule has 2 atom stereocenters. The molecule has 1 heterocycles. The van der Waals surface area contributed by atoms with E-state index in [1.165, 1.54) is 0 Å². The normalized spacial score (nSPS) is 12.6. The Bertz CT molecular complexity index is 1120. The number of carboxylic acid groups (broad SMARTS) is 2. The molecule has 18 heteroatoms. The van der Waals surface area contributed by atoms with Gasteiger partial charge in [-0.15, -0.1) is 10.2 Å². The number of Topliss-reactive ketones (excluding diaryl/α,β-unsaturated/α-hetero) is 1. The number of aromatic nitrogens is 4. The fourth-order valence-corrected chi connectivity index (χ4v) is 4.58. The molecule has 40 heavy (non-hydrogen) atoms. The zero-order valence-electron chi connectivity index (χ0n) is 22.1. The number of hydrogen-bond acceptors (Lipinski definition) is 11. The highest BCUT2D eigenvalue weighted by Gasteiger charge is 2.25. The summed E-state index contributed by atoms with van der Waals surface area (Å²) in [7, 11) is -4.02. The van der Waals surface area contributed by atoms with Gasteiger partial charge in [0.2, 0.25) is 27.7 Å². The average Bonchev–Trinajstić information content (AvgIpc) is 3.37. The molecular formula is C22H35N7O10S. The summed E-state index contributed by atoms with van der Waals surface area (Å²) in [5.41, 5.74) is 0. The van der Waals surface area contributed by atoms with E-state index in [9.17, 15) is 47.4 Å². The van der Waals surface area contributed by atoms with Crippen LogP contribution in [0.1, 0.15) is 70.5 Å². The molecule has 1 rings (SSSR count). The number of aryl methyl sites for hydroxylation is 1. The van der Waals surface area contributed by atoms with Gasteiger partial charge in [-0.1, -0.05) is 5.21 Å². The zero-order valence-corrected chi connectivity index (χ0v) is 22.9. The number of nitrogens with one attached hydrogen (secondary N) is 4. The third-order valence-electron chi connectivity index (χ3n) is 5.54. The molecule has 0 fully saturated rings. The van der Waals surface area contributed by atoms with Gasteiger partial charge in [0.25, 0.3) is 0 Å². The highest BCUT2D eigenvalue weighted by atomic mass is 32.2. The van der Waals surface area contributed by atoms with E-state index in [0.29, 0.717) is 18.8 Å². The molecular weight excluding hydrogens is 554 g/mol. The maximum atomic E-state index is 12.3. The van der Waals surface area contributed by atoms with E-state index in [-0.39, 0.29) is 57.3 Å². The Balaban J connectivity index is 2.41. The van der Waals surface area contributed by atoms with Crippen molar-refractivity contribution in [1.29, 1.82) is 0 Å². The zero-order chi connectivity index (χ0) is 30.1. The highest BCUT2D eigenvalue weighted by molar-refractivity contribution is 7.90. The topological polar surface area (TPSA) is 268 Å². The van der Waals surface area contributed by atoms with E-state index in [1.807, 2.05) is 4.72 Å². The van der Waals surface area contributed by atoms with Gasteiger partial charge in [-0.3, -0.25) is 28.7 Å². The number of tetrazole rings is 1. The maximum Gasteiger partial charge on any atom is 0.326 e. The molecule has 3 amide bonds. The first-order valence-electron chi connectivity index (χ1n) is 12.6. The van der Waals surface area contributed by atoms with Crippen LogP contribution in [0.3, 0.4) is 0 Å². The van der Waals surface area contributed by atoms with E-state index < -0.39 is 63.7 Å². The predicted molar refractivity (Wildman–Crippen MR) is 136 cm³/mol. The summed E-state index contributed by atoms with van der Waals surface area (Å²) in [6.07, 6.45) is -1.21. The number of carboxylic acids is 2. The van der Waals surface area contributed by atoms with Gasteiger partial charge in [0.1, 0.15) is 11.8 Å². The van der Waals surface area contributed by atoms with Crippen LogP contribution in [0, 0.1) is 5.92 Å². The number of carbonyl (C=O) groups excluding carboxylic acids is 4. The van der Waals surface area contributed by atoms with Crippen molar-refractivity contribution in [2.45, 2.75) is 77.2 Å². The molecule has 17 nitrogen and oxygen atoms in total. The van der Waals surface area contributed by atoms with Gasteiger partial charge in [-0.2, -0.15) is 5.21 Å². The molecule has 1 aromatic heterocycles. The Labute approximate surface area is 230 Å². The molecule has 0 aliphatic rings. The molecule has 224 valence electrons. The molecule has 0 saturated carbocycles. The third-order valence-corrected chi connectivity index (χ3v) is 6.91. The second-order valence-electron chi connectivity index (χ2n) is 8.90. The predicted octanol–water partition coefficient (Wildman–Crippen LogP) is -1.33. The van der Waals surface area contributed by atoms with Crippen LogP contribution in [0.5, 0.6) is 0 Å². The summed E-state index contributed by atoms with van der Waals surface area (Å²) in [6, 6.07) is -1.45. The van der Waals surface area contributed by atoms with Crippen molar-refractivity contribution in [3.63, 3.8) is 0 Å². The van der Waals surface area contributed by atoms with Crippen molar-refractivity contribution < 1.29 is 47.4 Å². The lowest BCUT2D eigenvalue weighted by Gasteiger charge is -2.15. The molecule has 0 saturated heterocycles. The molecule has 1 aromatic rings. The minimum absolute atomic E-state index is 0.0599. The number of hydrogen-bond donors (Lipinski definition) is 6. The standard InChI is InChI=1S/C22H35N7O10S/c1-2-23-18(31)11-8-14(21(34)35)13-15(30)9-10-16(22(36)37)24-19(32)7-4-12-40(38,39)27-20(33)6-3-5-17-25-28-29-26-17/h14,16H,2-13H2,1H3,(H,23,31)(H,24,32)(H,27,33)(H,34,35)(H,36,37)(H,25,26,28,29). The SMILES string of the molecule is CCNC(=O)CCC(CC(=O)CCC(NC(=O)CCCS(=O)(=O)NC(=O)CCCc1nn[nH]n1)C(=O)O)C(=O)O. The van der Waals surface area contributed by atoms with Crippen molar-refractivity contribution in [1.82, 2.24) is 36.0 Å². The fourth-order valence-electron chi connectivity index (χ4n) is 3.50. The van der Waals surface area contributed by atoms with Crippen molar-refractivity contribution in [3.8, 4) is 0 Å². The lowest BCUT2D eigenvalue weighted by molar-refractivity contribution is -0.145. The fraction of sp³-hybridized carbons (Fsp3) is 0.682. The number of aromatic amines is 1. The number of amides is 3. The Morgan fingerprint density at radius 2 is 1.60 bits per heavy atom. The van der Waals surface area contributed by atoms with Crippen molar-refractivity contribution in [3.05, 3.63) is 5.82 Å². The smallest absolute Gasteiger partial charge is 0.326 e. The van der Waals surface area contributed by atoms with Gasteiger partial charge in [-0.25, -0.2) is 13.2 Å². The number of ketones is 1.